The van der Waals surface area contributed by atoms with Crippen molar-refractivity contribution < 1.29 is 33.4 Å². The molecule has 0 aliphatic rings. The van der Waals surface area contributed by atoms with Crippen molar-refractivity contribution in [2.24, 2.45) is 0 Å². The highest BCUT2D eigenvalue weighted by atomic mass is 32.2. The summed E-state index contributed by atoms with van der Waals surface area (Å²) < 4.78 is 9.94. The van der Waals surface area contributed by atoms with Crippen LogP contribution in [0.1, 0.15) is 45.1 Å². The largest absolute Gasteiger partial charge is 0.497 e. The molecule has 2 amide bonds. The number of benzene rings is 2. The SMILES string of the molecule is COC(=O)C(CCSC(=O)C(CCSC(=O)C(C)c1ccc2cc(OC)ccc2c1)NC(C)=O)NC(C)=O. The second kappa shape index (κ2) is 15.4. The van der Waals surface area contributed by atoms with E-state index in [1.165, 1.54) is 21.0 Å². The molecule has 2 N–H and O–H groups in total. The van der Waals surface area contributed by atoms with Gasteiger partial charge in [0, 0.05) is 25.4 Å². The van der Waals surface area contributed by atoms with Crippen LogP contribution in [-0.2, 0) is 28.7 Å². The zero-order valence-corrected chi connectivity index (χ0v) is 23.8. The third kappa shape index (κ3) is 9.68. The predicted molar refractivity (Wildman–Crippen MR) is 150 cm³/mol. The third-order valence-corrected chi connectivity index (χ3v) is 7.84. The van der Waals surface area contributed by atoms with E-state index in [4.69, 9.17) is 4.74 Å². The molecule has 3 unspecified atom stereocenters. The highest BCUT2D eigenvalue weighted by molar-refractivity contribution is 8.14. The van der Waals surface area contributed by atoms with Gasteiger partial charge >= 0.3 is 5.97 Å². The summed E-state index contributed by atoms with van der Waals surface area (Å²) in [6, 6.07) is 10.00. The third-order valence-electron chi connectivity index (χ3n) is 5.75. The van der Waals surface area contributed by atoms with Crippen molar-refractivity contribution in [2.75, 3.05) is 25.7 Å². The van der Waals surface area contributed by atoms with Crippen LogP contribution in [0.3, 0.4) is 0 Å². The fourth-order valence-corrected chi connectivity index (χ4v) is 5.56. The topological polar surface area (TPSA) is 128 Å². The van der Waals surface area contributed by atoms with E-state index in [9.17, 15) is 24.0 Å². The second-order valence-corrected chi connectivity index (χ2v) is 10.8. The second-order valence-electron chi connectivity index (χ2n) is 8.64. The van der Waals surface area contributed by atoms with Crippen LogP contribution >= 0.6 is 23.5 Å². The Hall–Kier alpha value is -3.05. The smallest absolute Gasteiger partial charge is 0.328 e. The number of esters is 1. The van der Waals surface area contributed by atoms with Gasteiger partial charge in [-0.1, -0.05) is 54.7 Å². The van der Waals surface area contributed by atoms with Crippen molar-refractivity contribution in [1.29, 1.82) is 0 Å². The van der Waals surface area contributed by atoms with Gasteiger partial charge in [0.25, 0.3) is 0 Å². The maximum atomic E-state index is 12.9. The fraction of sp³-hybridized carbons (Fsp3) is 0.444. The number of fused-ring (bicyclic) bond motifs is 1. The molecule has 0 fully saturated rings. The zero-order chi connectivity index (χ0) is 28.2. The lowest BCUT2D eigenvalue weighted by atomic mass is 9.99. The minimum Gasteiger partial charge on any atom is -0.497 e. The Morgan fingerprint density at radius 3 is 1.95 bits per heavy atom. The number of hydrogen-bond acceptors (Lipinski definition) is 9. The van der Waals surface area contributed by atoms with Crippen LogP contribution in [0.15, 0.2) is 36.4 Å². The summed E-state index contributed by atoms with van der Waals surface area (Å²) in [6.07, 6.45) is 0.469. The van der Waals surface area contributed by atoms with Gasteiger partial charge in [0.05, 0.1) is 26.2 Å². The fourth-order valence-electron chi connectivity index (χ4n) is 3.69. The first-order chi connectivity index (χ1) is 18.0. The van der Waals surface area contributed by atoms with Crippen molar-refractivity contribution in [2.45, 2.75) is 51.6 Å². The summed E-state index contributed by atoms with van der Waals surface area (Å²) >= 11 is 2.09. The first-order valence-electron chi connectivity index (χ1n) is 12.1. The standard InChI is InChI=1S/C27H34N2O7S2/c1-16(19-6-7-21-15-22(35-4)9-8-20(21)14-19)26(33)37-13-11-24(29-18(3)31)27(34)38-12-10-23(25(32)36-5)28-17(2)30/h6-9,14-16,23-24H,10-13H2,1-5H3,(H,28,30)(H,29,31). The number of ether oxygens (including phenoxy) is 2. The van der Waals surface area contributed by atoms with Crippen molar-refractivity contribution in [3.8, 4) is 5.75 Å². The lowest BCUT2D eigenvalue weighted by Crippen LogP contribution is -2.41. The zero-order valence-electron chi connectivity index (χ0n) is 22.2. The first kappa shape index (κ1) is 31.2. The van der Waals surface area contributed by atoms with E-state index in [2.05, 4.69) is 15.4 Å². The Kier molecular flexibility index (Phi) is 12.6. The summed E-state index contributed by atoms with van der Waals surface area (Å²) in [7, 11) is 2.84. The summed E-state index contributed by atoms with van der Waals surface area (Å²) in [6.45, 7) is 4.46. The highest BCUT2D eigenvalue weighted by Gasteiger charge is 2.24. The quantitative estimate of drug-likeness (QED) is 0.353. The summed E-state index contributed by atoms with van der Waals surface area (Å²) in [5.41, 5.74) is 0.893. The van der Waals surface area contributed by atoms with Gasteiger partial charge in [-0.25, -0.2) is 4.79 Å². The van der Waals surface area contributed by atoms with Crippen molar-refractivity contribution in [1.82, 2.24) is 10.6 Å². The van der Waals surface area contributed by atoms with Gasteiger partial charge in [-0.3, -0.25) is 19.2 Å². The van der Waals surface area contributed by atoms with Crippen molar-refractivity contribution >= 4 is 62.3 Å². The molecule has 38 heavy (non-hydrogen) atoms. The molecule has 0 bridgehead atoms. The van der Waals surface area contributed by atoms with Crippen LogP contribution in [0, 0.1) is 0 Å². The maximum absolute atomic E-state index is 12.9. The summed E-state index contributed by atoms with van der Waals surface area (Å²) in [5.74, 6) is -0.322. The van der Waals surface area contributed by atoms with Gasteiger partial charge < -0.3 is 20.1 Å². The van der Waals surface area contributed by atoms with Gasteiger partial charge in [-0.15, -0.1) is 0 Å². The molecule has 11 heteroatoms. The number of thioether (sulfide) groups is 2. The molecule has 0 aliphatic carbocycles. The molecule has 0 saturated carbocycles. The minimum atomic E-state index is -0.858. The van der Waals surface area contributed by atoms with Crippen molar-refractivity contribution in [3.63, 3.8) is 0 Å². The van der Waals surface area contributed by atoms with Crippen LogP contribution in [0.25, 0.3) is 10.8 Å². The summed E-state index contributed by atoms with van der Waals surface area (Å²) in [4.78, 5) is 60.4. The van der Waals surface area contributed by atoms with E-state index in [1.807, 2.05) is 43.3 Å². The van der Waals surface area contributed by atoms with Crippen LogP contribution in [0.4, 0.5) is 0 Å². The van der Waals surface area contributed by atoms with Crippen molar-refractivity contribution in [3.05, 3.63) is 42.0 Å². The average Bonchev–Trinajstić information content (AvgIpc) is 2.89. The summed E-state index contributed by atoms with van der Waals surface area (Å²) in [5, 5.41) is 6.85. The molecule has 0 radical (unpaired) electrons. The molecular formula is C27H34N2O7S2. The normalized spacial score (nSPS) is 13.2. The molecule has 206 valence electrons. The van der Waals surface area contributed by atoms with Gasteiger partial charge in [0.1, 0.15) is 11.8 Å². The lowest BCUT2D eigenvalue weighted by Gasteiger charge is -2.18. The molecule has 2 aromatic rings. The van der Waals surface area contributed by atoms with E-state index in [-0.39, 0.29) is 46.6 Å². The Labute approximate surface area is 231 Å². The molecule has 2 aromatic carbocycles. The van der Waals surface area contributed by atoms with Gasteiger partial charge in [-0.2, -0.15) is 0 Å². The van der Waals surface area contributed by atoms with Gasteiger partial charge in [-0.05, 0) is 41.3 Å². The number of rotatable bonds is 13. The van der Waals surface area contributed by atoms with E-state index < -0.39 is 18.1 Å². The average molecular weight is 563 g/mol. The van der Waals surface area contributed by atoms with Gasteiger partial charge in [0.15, 0.2) is 5.12 Å². The molecule has 9 nitrogen and oxygen atoms in total. The van der Waals surface area contributed by atoms with E-state index in [1.54, 1.807) is 7.11 Å². The Morgan fingerprint density at radius 2 is 1.34 bits per heavy atom. The number of methoxy groups -OCH3 is 2. The van der Waals surface area contributed by atoms with Crippen LogP contribution in [0.2, 0.25) is 0 Å². The Bertz CT molecular complexity index is 1170. The van der Waals surface area contributed by atoms with Crippen LogP contribution in [-0.4, -0.2) is 65.8 Å². The maximum Gasteiger partial charge on any atom is 0.328 e. The van der Waals surface area contributed by atoms with Gasteiger partial charge in [0.2, 0.25) is 16.9 Å². The Morgan fingerprint density at radius 1 is 0.789 bits per heavy atom. The number of carbonyl (C=O) groups is 5. The van der Waals surface area contributed by atoms with Crippen LogP contribution in [0.5, 0.6) is 5.75 Å². The molecule has 0 saturated heterocycles. The molecule has 0 spiro atoms. The number of amides is 2. The molecular weight excluding hydrogens is 528 g/mol. The predicted octanol–water partition coefficient (Wildman–Crippen LogP) is 3.43. The molecule has 3 atom stereocenters. The van der Waals surface area contributed by atoms with E-state index in [0.717, 1.165) is 45.6 Å². The molecule has 2 rings (SSSR count). The highest BCUT2D eigenvalue weighted by Crippen LogP contribution is 2.28. The Balaban J connectivity index is 1.92. The van der Waals surface area contributed by atoms with E-state index >= 15 is 0 Å². The number of nitrogens with one attached hydrogen (secondary N) is 2. The van der Waals surface area contributed by atoms with Crippen LogP contribution < -0.4 is 15.4 Å². The molecule has 0 heterocycles. The number of carbonyl (C=O) groups excluding carboxylic acids is 5. The number of hydrogen-bond donors (Lipinski definition) is 2. The van der Waals surface area contributed by atoms with E-state index in [0.29, 0.717) is 5.75 Å². The molecule has 0 aliphatic heterocycles. The monoisotopic (exact) mass is 562 g/mol. The molecule has 0 aromatic heterocycles. The minimum absolute atomic E-state index is 0.0317. The first-order valence-corrected chi connectivity index (χ1v) is 14.1. The lowest BCUT2D eigenvalue weighted by molar-refractivity contribution is -0.144.